The molecule has 0 radical (unpaired) electrons. The Morgan fingerprint density at radius 1 is 1.16 bits per heavy atom. The van der Waals surface area contributed by atoms with Gasteiger partial charge < -0.3 is 11.1 Å². The highest BCUT2D eigenvalue weighted by atomic mass is 16.2. The number of nitrogens with one attached hydrogen (secondary N) is 1. The molecule has 0 saturated carbocycles. The summed E-state index contributed by atoms with van der Waals surface area (Å²) in [5.74, 6) is -0.459. The zero-order valence-electron chi connectivity index (χ0n) is 12.0. The van der Waals surface area contributed by atoms with Gasteiger partial charge >= 0.3 is 0 Å². The number of primary amides is 1. The van der Waals surface area contributed by atoms with Gasteiger partial charge in [-0.15, -0.1) is 0 Å². The van der Waals surface area contributed by atoms with E-state index in [-0.39, 0.29) is 11.8 Å². The minimum Gasteiger partial charge on any atom is -0.368 e. The van der Waals surface area contributed by atoms with Crippen molar-refractivity contribution in [3.63, 3.8) is 0 Å². The Morgan fingerprint density at radius 3 is 2.11 bits per heavy atom. The van der Waals surface area contributed by atoms with Crippen molar-refractivity contribution in [1.82, 2.24) is 5.32 Å². The van der Waals surface area contributed by atoms with Gasteiger partial charge in [0, 0.05) is 5.56 Å². The predicted molar refractivity (Wildman–Crippen MR) is 75.8 cm³/mol. The Bertz CT molecular complexity index is 461. The lowest BCUT2D eigenvalue weighted by Crippen LogP contribution is -2.45. The fraction of sp³-hybridized carbons (Fsp3) is 0.467. The Morgan fingerprint density at radius 2 is 1.68 bits per heavy atom. The van der Waals surface area contributed by atoms with Crippen LogP contribution in [0.3, 0.4) is 0 Å². The maximum Gasteiger partial charge on any atom is 0.251 e. The summed E-state index contributed by atoms with van der Waals surface area (Å²) in [6, 6.07) is 4.98. The monoisotopic (exact) mass is 262 g/mol. The highest BCUT2D eigenvalue weighted by Gasteiger charge is 2.20. The highest BCUT2D eigenvalue weighted by Crippen LogP contribution is 2.10. The van der Waals surface area contributed by atoms with Gasteiger partial charge in [-0.1, -0.05) is 31.0 Å². The van der Waals surface area contributed by atoms with Crippen LogP contribution in [0.25, 0.3) is 0 Å². The van der Waals surface area contributed by atoms with Gasteiger partial charge in [0.1, 0.15) is 6.04 Å². The van der Waals surface area contributed by atoms with E-state index in [1.54, 1.807) is 12.1 Å². The van der Waals surface area contributed by atoms with E-state index in [0.29, 0.717) is 12.0 Å². The summed E-state index contributed by atoms with van der Waals surface area (Å²) in [4.78, 5) is 23.5. The molecule has 0 fully saturated rings. The van der Waals surface area contributed by atoms with Crippen molar-refractivity contribution in [2.24, 2.45) is 11.7 Å². The molecule has 19 heavy (non-hydrogen) atoms. The summed E-state index contributed by atoms with van der Waals surface area (Å²) in [5.41, 5.74) is 7.92. The Balaban J connectivity index is 2.84. The highest BCUT2D eigenvalue weighted by molar-refractivity contribution is 5.97. The zero-order chi connectivity index (χ0) is 14.6. The first-order valence-electron chi connectivity index (χ1n) is 6.48. The van der Waals surface area contributed by atoms with Gasteiger partial charge in [-0.05, 0) is 38.3 Å². The minimum absolute atomic E-state index is 0.253. The maximum atomic E-state index is 12.1. The number of aryl methyl sites for hydroxylation is 2. The van der Waals surface area contributed by atoms with Crippen LogP contribution in [-0.2, 0) is 4.79 Å². The molecule has 0 aromatic heterocycles. The molecule has 4 nitrogen and oxygen atoms in total. The molecule has 0 aliphatic heterocycles. The lowest BCUT2D eigenvalue weighted by Gasteiger charge is -2.17. The third kappa shape index (κ3) is 4.73. The van der Waals surface area contributed by atoms with E-state index in [1.807, 2.05) is 33.8 Å². The number of amides is 2. The van der Waals surface area contributed by atoms with Crippen LogP contribution >= 0.6 is 0 Å². The van der Waals surface area contributed by atoms with Crippen molar-refractivity contribution in [3.8, 4) is 0 Å². The van der Waals surface area contributed by atoms with Crippen LogP contribution in [0.5, 0.6) is 0 Å². The van der Waals surface area contributed by atoms with Gasteiger partial charge in [0.05, 0.1) is 0 Å². The Hall–Kier alpha value is -1.84. The lowest BCUT2D eigenvalue weighted by molar-refractivity contribution is -0.120. The van der Waals surface area contributed by atoms with E-state index >= 15 is 0 Å². The molecule has 0 unspecified atom stereocenters. The maximum absolute atomic E-state index is 12.1. The molecular weight excluding hydrogens is 240 g/mol. The summed E-state index contributed by atoms with van der Waals surface area (Å²) in [6.07, 6.45) is 0.547. The average molecular weight is 262 g/mol. The summed E-state index contributed by atoms with van der Waals surface area (Å²) < 4.78 is 0. The van der Waals surface area contributed by atoms with Gasteiger partial charge in [-0.3, -0.25) is 9.59 Å². The normalized spacial score (nSPS) is 12.3. The standard InChI is InChI=1S/C15H22N2O2/c1-9(2)5-13(14(16)18)17-15(19)12-7-10(3)6-11(4)8-12/h6-9,13H,5H2,1-4H3,(H2,16,18)(H,17,19)/t13-/m0/s1. The Kier molecular flexibility index (Phi) is 5.10. The van der Waals surface area contributed by atoms with Gasteiger partial charge in [0.25, 0.3) is 5.91 Å². The van der Waals surface area contributed by atoms with Crippen LogP contribution in [0, 0.1) is 19.8 Å². The zero-order valence-corrected chi connectivity index (χ0v) is 12.0. The van der Waals surface area contributed by atoms with E-state index in [4.69, 9.17) is 5.73 Å². The summed E-state index contributed by atoms with van der Waals surface area (Å²) in [7, 11) is 0. The van der Waals surface area contributed by atoms with E-state index in [1.165, 1.54) is 0 Å². The van der Waals surface area contributed by atoms with Crippen LogP contribution in [0.1, 0.15) is 41.8 Å². The molecule has 1 aromatic rings. The lowest BCUT2D eigenvalue weighted by atomic mass is 10.0. The first-order valence-corrected chi connectivity index (χ1v) is 6.48. The number of rotatable bonds is 5. The molecular formula is C15H22N2O2. The van der Waals surface area contributed by atoms with E-state index < -0.39 is 11.9 Å². The largest absolute Gasteiger partial charge is 0.368 e. The number of benzene rings is 1. The van der Waals surface area contributed by atoms with Crippen molar-refractivity contribution in [2.75, 3.05) is 0 Å². The van der Waals surface area contributed by atoms with Crippen LogP contribution in [0.15, 0.2) is 18.2 Å². The van der Waals surface area contributed by atoms with Gasteiger partial charge in [-0.25, -0.2) is 0 Å². The molecule has 1 aromatic carbocycles. The minimum atomic E-state index is -0.617. The number of carbonyl (C=O) groups excluding carboxylic acids is 2. The molecule has 0 aliphatic carbocycles. The van der Waals surface area contributed by atoms with Crippen molar-refractivity contribution in [3.05, 3.63) is 34.9 Å². The van der Waals surface area contributed by atoms with Gasteiger partial charge in [0.2, 0.25) is 5.91 Å². The van der Waals surface area contributed by atoms with Gasteiger partial charge in [0.15, 0.2) is 0 Å². The third-order valence-corrected chi connectivity index (χ3v) is 2.84. The third-order valence-electron chi connectivity index (χ3n) is 2.84. The molecule has 0 bridgehead atoms. The smallest absolute Gasteiger partial charge is 0.251 e. The Labute approximate surface area is 114 Å². The second kappa shape index (κ2) is 6.36. The molecule has 1 rings (SSSR count). The van der Waals surface area contributed by atoms with Crippen LogP contribution in [0.4, 0.5) is 0 Å². The molecule has 0 saturated heterocycles. The van der Waals surface area contributed by atoms with Crippen LogP contribution in [0.2, 0.25) is 0 Å². The summed E-state index contributed by atoms with van der Waals surface area (Å²) >= 11 is 0. The van der Waals surface area contributed by atoms with Gasteiger partial charge in [-0.2, -0.15) is 0 Å². The SMILES string of the molecule is Cc1cc(C)cc(C(=O)N[C@@H](CC(C)C)C(N)=O)c1. The fourth-order valence-electron chi connectivity index (χ4n) is 2.06. The first kappa shape index (κ1) is 15.2. The first-order chi connectivity index (χ1) is 8.79. The van der Waals surface area contributed by atoms with Crippen molar-refractivity contribution in [1.29, 1.82) is 0 Å². The van der Waals surface area contributed by atoms with E-state index in [9.17, 15) is 9.59 Å². The number of nitrogens with two attached hydrogens (primary N) is 1. The fourth-order valence-corrected chi connectivity index (χ4v) is 2.06. The average Bonchev–Trinajstić information content (AvgIpc) is 2.25. The molecule has 4 heteroatoms. The molecule has 0 aliphatic rings. The van der Waals surface area contributed by atoms with E-state index in [2.05, 4.69) is 5.32 Å². The molecule has 104 valence electrons. The van der Waals surface area contributed by atoms with Crippen molar-refractivity contribution < 1.29 is 9.59 Å². The van der Waals surface area contributed by atoms with Crippen LogP contribution < -0.4 is 11.1 Å². The molecule has 0 heterocycles. The van der Waals surface area contributed by atoms with E-state index in [0.717, 1.165) is 11.1 Å². The number of hydrogen-bond acceptors (Lipinski definition) is 2. The second-order valence-corrected chi connectivity index (χ2v) is 5.43. The number of carbonyl (C=O) groups is 2. The topological polar surface area (TPSA) is 72.2 Å². The molecule has 1 atom stereocenters. The van der Waals surface area contributed by atoms with Crippen molar-refractivity contribution >= 4 is 11.8 Å². The molecule has 2 amide bonds. The number of hydrogen-bond donors (Lipinski definition) is 2. The summed E-state index contributed by atoms with van der Waals surface area (Å²) in [5, 5.41) is 2.71. The second-order valence-electron chi connectivity index (χ2n) is 5.43. The quantitative estimate of drug-likeness (QED) is 0.851. The van der Waals surface area contributed by atoms with Crippen LogP contribution in [-0.4, -0.2) is 17.9 Å². The predicted octanol–water partition coefficient (Wildman–Crippen LogP) is 1.93. The van der Waals surface area contributed by atoms with Crippen molar-refractivity contribution in [2.45, 2.75) is 40.2 Å². The molecule has 3 N–H and O–H groups in total. The molecule has 0 spiro atoms. The summed E-state index contributed by atoms with van der Waals surface area (Å²) in [6.45, 7) is 7.84.